The molecule has 3 aliphatic heterocycles. The molecule has 0 saturated carbocycles. The zero-order chi connectivity index (χ0) is 17.7. The van der Waals surface area contributed by atoms with E-state index in [1.807, 2.05) is 23.1 Å². The quantitative estimate of drug-likeness (QED) is 0.815. The summed E-state index contributed by atoms with van der Waals surface area (Å²) in [4.78, 5) is 30.4. The van der Waals surface area contributed by atoms with Crippen LogP contribution in [0, 0.1) is 5.92 Å². The average molecular weight is 370 g/mol. The minimum absolute atomic E-state index is 0.0181. The first kappa shape index (κ1) is 15.7. The molecule has 1 unspecified atom stereocenters. The highest BCUT2D eigenvalue weighted by Gasteiger charge is 2.38. The highest BCUT2D eigenvalue weighted by Crippen LogP contribution is 2.37. The molecular weight excluding hydrogens is 352 g/mol. The lowest BCUT2D eigenvalue weighted by Gasteiger charge is -2.29. The summed E-state index contributed by atoms with van der Waals surface area (Å²) in [7, 11) is 0. The Morgan fingerprint density at radius 1 is 1.19 bits per heavy atom. The van der Waals surface area contributed by atoms with Crippen molar-refractivity contribution in [3.63, 3.8) is 0 Å². The molecule has 5 rings (SSSR count). The number of carbonyl (C=O) groups is 2. The fourth-order valence-corrected chi connectivity index (χ4v) is 4.76. The normalized spacial score (nSPS) is 21.2. The zero-order valence-electron chi connectivity index (χ0n) is 14.1. The fourth-order valence-electron chi connectivity index (χ4n) is 3.87. The van der Waals surface area contributed by atoms with Crippen LogP contribution in [0.15, 0.2) is 29.6 Å². The maximum Gasteiger partial charge on any atom is 0.231 e. The molecule has 7 heteroatoms. The smallest absolute Gasteiger partial charge is 0.231 e. The van der Waals surface area contributed by atoms with Gasteiger partial charge < -0.3 is 19.3 Å². The summed E-state index contributed by atoms with van der Waals surface area (Å²) in [5.74, 6) is 1.11. The number of rotatable bonds is 2. The second-order valence-electron chi connectivity index (χ2n) is 6.82. The summed E-state index contributed by atoms with van der Waals surface area (Å²) in [6.45, 7) is 2.02. The Hall–Kier alpha value is -2.54. The van der Waals surface area contributed by atoms with Crippen LogP contribution in [-0.2, 0) is 22.6 Å². The topological polar surface area (TPSA) is 59.1 Å². The first-order valence-electron chi connectivity index (χ1n) is 8.73. The number of amides is 2. The number of fused-ring (bicyclic) bond motifs is 2. The summed E-state index contributed by atoms with van der Waals surface area (Å²) < 4.78 is 10.7. The third-order valence-electron chi connectivity index (χ3n) is 5.26. The van der Waals surface area contributed by atoms with Crippen LogP contribution in [0.3, 0.4) is 0 Å². The summed E-state index contributed by atoms with van der Waals surface area (Å²) in [5, 5.41) is 2.08. The molecule has 1 atom stereocenters. The molecule has 1 fully saturated rings. The van der Waals surface area contributed by atoms with Crippen molar-refractivity contribution in [2.45, 2.75) is 19.4 Å². The van der Waals surface area contributed by atoms with E-state index in [-0.39, 0.29) is 30.9 Å². The van der Waals surface area contributed by atoms with Crippen molar-refractivity contribution in [3.8, 4) is 11.5 Å². The standard InChI is InChI=1S/C19H18N2O4S/c22-18-7-13(19(23)20-5-3-17-12(9-20)4-6-26-17)10-21(18)14-1-2-15-16(8-14)25-11-24-15/h1-2,4,6,8,13H,3,5,7,9-11H2. The molecule has 0 aliphatic carbocycles. The minimum atomic E-state index is -0.284. The summed E-state index contributed by atoms with van der Waals surface area (Å²) in [6.07, 6.45) is 1.17. The third-order valence-corrected chi connectivity index (χ3v) is 6.28. The molecule has 26 heavy (non-hydrogen) atoms. The maximum absolute atomic E-state index is 12.9. The lowest BCUT2D eigenvalue weighted by molar-refractivity contribution is -0.136. The Labute approximate surface area is 154 Å². The zero-order valence-corrected chi connectivity index (χ0v) is 15.0. The van der Waals surface area contributed by atoms with Gasteiger partial charge in [-0.15, -0.1) is 11.3 Å². The number of carbonyl (C=O) groups excluding carboxylic acids is 2. The number of benzene rings is 1. The molecule has 0 radical (unpaired) electrons. The van der Waals surface area contributed by atoms with Crippen LogP contribution in [0.25, 0.3) is 0 Å². The molecule has 2 amide bonds. The average Bonchev–Trinajstić information content (AvgIpc) is 3.38. The number of hydrogen-bond donors (Lipinski definition) is 0. The molecule has 2 aromatic rings. The van der Waals surface area contributed by atoms with Gasteiger partial charge in [-0.2, -0.15) is 0 Å². The Kier molecular flexibility index (Phi) is 3.63. The van der Waals surface area contributed by atoms with Crippen molar-refractivity contribution in [1.82, 2.24) is 4.90 Å². The van der Waals surface area contributed by atoms with Gasteiger partial charge in [0.1, 0.15) is 0 Å². The number of anilines is 1. The van der Waals surface area contributed by atoms with Crippen molar-refractivity contribution in [2.75, 3.05) is 24.8 Å². The molecule has 4 heterocycles. The maximum atomic E-state index is 12.9. The van der Waals surface area contributed by atoms with Gasteiger partial charge in [0.15, 0.2) is 11.5 Å². The van der Waals surface area contributed by atoms with Crippen molar-refractivity contribution in [2.24, 2.45) is 5.92 Å². The number of nitrogens with zero attached hydrogens (tertiary/aromatic N) is 2. The predicted octanol–water partition coefficient (Wildman–Crippen LogP) is 2.41. The molecule has 1 aromatic heterocycles. The van der Waals surface area contributed by atoms with E-state index in [0.29, 0.717) is 24.6 Å². The molecule has 6 nitrogen and oxygen atoms in total. The number of hydrogen-bond acceptors (Lipinski definition) is 5. The van der Waals surface area contributed by atoms with Crippen LogP contribution in [-0.4, -0.2) is 36.6 Å². The van der Waals surface area contributed by atoms with Gasteiger partial charge in [-0.1, -0.05) is 0 Å². The molecule has 3 aliphatic rings. The van der Waals surface area contributed by atoms with Crippen LogP contribution in [0.5, 0.6) is 11.5 Å². The van der Waals surface area contributed by atoms with Gasteiger partial charge in [0.2, 0.25) is 18.6 Å². The summed E-state index contributed by atoms with van der Waals surface area (Å²) >= 11 is 1.76. The first-order chi connectivity index (χ1) is 12.7. The van der Waals surface area contributed by atoms with Gasteiger partial charge in [0, 0.05) is 42.7 Å². The number of thiophene rings is 1. The van der Waals surface area contributed by atoms with Crippen LogP contribution < -0.4 is 14.4 Å². The first-order valence-corrected chi connectivity index (χ1v) is 9.61. The van der Waals surface area contributed by atoms with Crippen molar-refractivity contribution < 1.29 is 19.1 Å². The lowest BCUT2D eigenvalue weighted by Crippen LogP contribution is -2.40. The minimum Gasteiger partial charge on any atom is -0.454 e. The van der Waals surface area contributed by atoms with E-state index in [2.05, 4.69) is 11.4 Å². The Balaban J connectivity index is 1.31. The summed E-state index contributed by atoms with van der Waals surface area (Å²) in [5.41, 5.74) is 2.00. The molecule has 0 N–H and O–H groups in total. The molecule has 1 saturated heterocycles. The van der Waals surface area contributed by atoms with E-state index in [9.17, 15) is 9.59 Å². The van der Waals surface area contributed by atoms with E-state index in [4.69, 9.17) is 9.47 Å². The van der Waals surface area contributed by atoms with Crippen LogP contribution >= 0.6 is 11.3 Å². The number of ether oxygens (including phenoxy) is 2. The van der Waals surface area contributed by atoms with E-state index in [0.717, 1.165) is 18.7 Å². The van der Waals surface area contributed by atoms with E-state index >= 15 is 0 Å². The van der Waals surface area contributed by atoms with E-state index in [1.54, 1.807) is 16.2 Å². The lowest BCUT2D eigenvalue weighted by atomic mass is 10.0. The molecule has 134 valence electrons. The highest BCUT2D eigenvalue weighted by molar-refractivity contribution is 7.10. The van der Waals surface area contributed by atoms with Crippen LogP contribution in [0.4, 0.5) is 5.69 Å². The predicted molar refractivity (Wildman–Crippen MR) is 96.5 cm³/mol. The third kappa shape index (κ3) is 2.54. The van der Waals surface area contributed by atoms with Gasteiger partial charge in [0.05, 0.1) is 5.92 Å². The Morgan fingerprint density at radius 3 is 3.00 bits per heavy atom. The fraction of sp³-hybridized carbons (Fsp3) is 0.368. The van der Waals surface area contributed by atoms with E-state index < -0.39 is 0 Å². The van der Waals surface area contributed by atoms with Gasteiger partial charge >= 0.3 is 0 Å². The SMILES string of the molecule is O=C(C1CC(=O)N(c2ccc3c(c2)OCO3)C1)N1CCc2sccc2C1. The Morgan fingerprint density at radius 2 is 2.08 bits per heavy atom. The van der Waals surface area contributed by atoms with Crippen molar-refractivity contribution in [3.05, 3.63) is 40.1 Å². The van der Waals surface area contributed by atoms with Crippen molar-refractivity contribution in [1.29, 1.82) is 0 Å². The largest absolute Gasteiger partial charge is 0.454 e. The monoisotopic (exact) mass is 370 g/mol. The van der Waals surface area contributed by atoms with Gasteiger partial charge in [-0.3, -0.25) is 9.59 Å². The summed E-state index contributed by atoms with van der Waals surface area (Å²) in [6, 6.07) is 7.56. The second kappa shape index (κ2) is 6.02. The Bertz CT molecular complexity index is 893. The van der Waals surface area contributed by atoms with Crippen LogP contribution in [0.1, 0.15) is 16.9 Å². The van der Waals surface area contributed by atoms with E-state index in [1.165, 1.54) is 10.4 Å². The van der Waals surface area contributed by atoms with Gasteiger partial charge in [-0.25, -0.2) is 0 Å². The molecule has 0 spiro atoms. The van der Waals surface area contributed by atoms with Gasteiger partial charge in [0.25, 0.3) is 0 Å². The van der Waals surface area contributed by atoms with Gasteiger partial charge in [-0.05, 0) is 35.6 Å². The van der Waals surface area contributed by atoms with Crippen LogP contribution in [0.2, 0.25) is 0 Å². The molecule has 0 bridgehead atoms. The highest BCUT2D eigenvalue weighted by atomic mass is 32.1. The molecule has 1 aromatic carbocycles. The molecular formula is C19H18N2O4S. The second-order valence-corrected chi connectivity index (χ2v) is 7.82. The van der Waals surface area contributed by atoms with Crippen molar-refractivity contribution >= 4 is 28.8 Å².